The second-order valence-corrected chi connectivity index (χ2v) is 10.2. The van der Waals surface area contributed by atoms with Crippen molar-refractivity contribution in [2.24, 2.45) is 11.3 Å². The standard InChI is InChI=1S/C27H30F3N3O3/c1-17-13-20(16-26(2,3)15-17)33-23-11-5-18(6-12-24(34)35-4)14-22(23)32-25(33)31-19-7-9-21(10-8-19)36-27(28,29)30/h5-12,14,17,20H,13,15-16H2,1-4H3,(H,31,32)/b12-6+/t17-,20?/m0/s1. The van der Waals surface area contributed by atoms with E-state index in [1.807, 2.05) is 18.2 Å². The van der Waals surface area contributed by atoms with Gasteiger partial charge < -0.3 is 19.4 Å². The zero-order valence-electron chi connectivity index (χ0n) is 20.7. The SMILES string of the molecule is COC(=O)/C=C/c1ccc2c(c1)nc(Nc1ccc(OC(F)(F)F)cc1)n2C1C[C@H](C)CC(C)(C)C1. The number of esters is 1. The van der Waals surface area contributed by atoms with E-state index < -0.39 is 12.3 Å². The Bertz CT molecular complexity index is 1260. The fourth-order valence-corrected chi connectivity index (χ4v) is 5.27. The molecule has 0 aliphatic heterocycles. The number of ether oxygens (including phenoxy) is 2. The van der Waals surface area contributed by atoms with Crippen molar-refractivity contribution in [2.45, 2.75) is 52.4 Å². The molecule has 1 aromatic heterocycles. The predicted molar refractivity (Wildman–Crippen MR) is 133 cm³/mol. The molecule has 36 heavy (non-hydrogen) atoms. The molecule has 1 saturated carbocycles. The summed E-state index contributed by atoms with van der Waals surface area (Å²) in [6.07, 6.45) is 1.39. The van der Waals surface area contributed by atoms with Crippen molar-refractivity contribution >= 4 is 34.7 Å². The first-order valence-corrected chi connectivity index (χ1v) is 11.8. The first-order valence-electron chi connectivity index (χ1n) is 11.8. The van der Waals surface area contributed by atoms with E-state index in [9.17, 15) is 18.0 Å². The second-order valence-electron chi connectivity index (χ2n) is 10.2. The molecule has 1 fully saturated rings. The molecule has 2 atom stereocenters. The van der Waals surface area contributed by atoms with Crippen LogP contribution in [0.3, 0.4) is 0 Å². The van der Waals surface area contributed by atoms with Gasteiger partial charge in [-0.2, -0.15) is 0 Å². The van der Waals surface area contributed by atoms with E-state index in [1.54, 1.807) is 6.08 Å². The number of nitrogens with zero attached hydrogens (tertiary/aromatic N) is 2. The molecule has 0 bridgehead atoms. The Labute approximate surface area is 208 Å². The normalized spacial score (nSPS) is 20.0. The van der Waals surface area contributed by atoms with Gasteiger partial charge in [-0.3, -0.25) is 0 Å². The molecule has 9 heteroatoms. The monoisotopic (exact) mass is 501 g/mol. The van der Waals surface area contributed by atoms with E-state index in [0.29, 0.717) is 17.6 Å². The third kappa shape index (κ3) is 6.19. The number of halogens is 3. The fourth-order valence-electron chi connectivity index (χ4n) is 5.27. The molecular formula is C27H30F3N3O3. The number of nitrogens with one attached hydrogen (secondary N) is 1. The van der Waals surface area contributed by atoms with Gasteiger partial charge in [-0.25, -0.2) is 9.78 Å². The van der Waals surface area contributed by atoms with Crippen molar-refractivity contribution in [3.05, 3.63) is 54.1 Å². The third-order valence-electron chi connectivity index (χ3n) is 6.40. The number of hydrogen-bond acceptors (Lipinski definition) is 5. The number of hydrogen-bond donors (Lipinski definition) is 1. The minimum atomic E-state index is -4.74. The lowest BCUT2D eigenvalue weighted by atomic mass is 9.70. The van der Waals surface area contributed by atoms with Gasteiger partial charge in [0.2, 0.25) is 5.95 Å². The van der Waals surface area contributed by atoms with Gasteiger partial charge in [0.25, 0.3) is 0 Å². The van der Waals surface area contributed by atoms with Crippen molar-refractivity contribution in [2.75, 3.05) is 12.4 Å². The second kappa shape index (κ2) is 9.87. The molecule has 0 spiro atoms. The Morgan fingerprint density at radius 1 is 1.17 bits per heavy atom. The van der Waals surface area contributed by atoms with Gasteiger partial charge in [-0.05, 0) is 78.6 Å². The maximum Gasteiger partial charge on any atom is 0.573 e. The Hall–Kier alpha value is -3.49. The lowest BCUT2D eigenvalue weighted by Gasteiger charge is -2.40. The summed E-state index contributed by atoms with van der Waals surface area (Å²) in [5.41, 5.74) is 3.25. The summed E-state index contributed by atoms with van der Waals surface area (Å²) in [6, 6.07) is 11.6. The first-order chi connectivity index (χ1) is 16.9. The molecule has 2 aromatic carbocycles. The summed E-state index contributed by atoms with van der Waals surface area (Å²) >= 11 is 0. The highest BCUT2D eigenvalue weighted by atomic mass is 19.4. The third-order valence-corrected chi connectivity index (χ3v) is 6.40. The smallest absolute Gasteiger partial charge is 0.466 e. The summed E-state index contributed by atoms with van der Waals surface area (Å²) < 4.78 is 48.4. The average Bonchev–Trinajstić information content (AvgIpc) is 3.13. The van der Waals surface area contributed by atoms with Crippen LogP contribution in [0.25, 0.3) is 17.1 Å². The molecule has 6 nitrogen and oxygen atoms in total. The summed E-state index contributed by atoms with van der Waals surface area (Å²) in [7, 11) is 1.32. The largest absolute Gasteiger partial charge is 0.573 e. The number of imidazole rings is 1. The Kier molecular flexibility index (Phi) is 7.02. The fraction of sp³-hybridized carbons (Fsp3) is 0.407. The molecule has 1 aliphatic rings. The number of alkyl halides is 3. The zero-order valence-corrected chi connectivity index (χ0v) is 20.7. The molecule has 0 saturated heterocycles. The Balaban J connectivity index is 1.72. The lowest BCUT2D eigenvalue weighted by Crippen LogP contribution is -2.29. The van der Waals surface area contributed by atoms with Crippen LogP contribution in [0.15, 0.2) is 48.5 Å². The highest BCUT2D eigenvalue weighted by molar-refractivity contribution is 5.88. The number of aromatic nitrogens is 2. The lowest BCUT2D eigenvalue weighted by molar-refractivity contribution is -0.274. The summed E-state index contributed by atoms with van der Waals surface area (Å²) in [4.78, 5) is 16.3. The van der Waals surface area contributed by atoms with E-state index >= 15 is 0 Å². The van der Waals surface area contributed by atoms with E-state index in [-0.39, 0.29) is 17.2 Å². The summed E-state index contributed by atoms with van der Waals surface area (Å²) in [5.74, 6) is 0.411. The minimum absolute atomic E-state index is 0.163. The van der Waals surface area contributed by atoms with Gasteiger partial charge in [0.15, 0.2) is 0 Å². The van der Waals surface area contributed by atoms with Gasteiger partial charge in [-0.1, -0.05) is 26.8 Å². The Morgan fingerprint density at radius 3 is 2.53 bits per heavy atom. The number of fused-ring (bicyclic) bond motifs is 1. The Morgan fingerprint density at radius 2 is 1.89 bits per heavy atom. The van der Waals surface area contributed by atoms with Crippen molar-refractivity contribution < 1.29 is 27.4 Å². The predicted octanol–water partition coefficient (Wildman–Crippen LogP) is 7.25. The molecule has 1 N–H and O–H groups in total. The van der Waals surface area contributed by atoms with E-state index in [4.69, 9.17) is 4.98 Å². The summed E-state index contributed by atoms with van der Waals surface area (Å²) in [5, 5.41) is 3.29. The van der Waals surface area contributed by atoms with Gasteiger partial charge in [0, 0.05) is 17.8 Å². The van der Waals surface area contributed by atoms with Crippen LogP contribution in [0.1, 0.15) is 51.6 Å². The van der Waals surface area contributed by atoms with Crippen molar-refractivity contribution in [1.29, 1.82) is 0 Å². The number of carbonyl (C=O) groups excluding carboxylic acids is 1. The minimum Gasteiger partial charge on any atom is -0.466 e. The van der Waals surface area contributed by atoms with Gasteiger partial charge >= 0.3 is 12.3 Å². The molecule has 4 rings (SSSR count). The topological polar surface area (TPSA) is 65.4 Å². The number of anilines is 2. The van der Waals surface area contributed by atoms with Crippen LogP contribution in [0.4, 0.5) is 24.8 Å². The quantitative estimate of drug-likeness (QED) is 0.285. The summed E-state index contributed by atoms with van der Waals surface area (Å²) in [6.45, 7) is 6.81. The maximum atomic E-state index is 12.5. The number of carbonyl (C=O) groups is 1. The van der Waals surface area contributed by atoms with Crippen molar-refractivity contribution in [3.8, 4) is 5.75 Å². The average molecular weight is 502 g/mol. The van der Waals surface area contributed by atoms with Crippen LogP contribution in [0.5, 0.6) is 5.75 Å². The maximum absolute atomic E-state index is 12.5. The van der Waals surface area contributed by atoms with Crippen LogP contribution in [-0.2, 0) is 9.53 Å². The highest BCUT2D eigenvalue weighted by Crippen LogP contribution is 2.46. The van der Waals surface area contributed by atoms with Crippen LogP contribution >= 0.6 is 0 Å². The molecule has 3 aromatic rings. The van der Waals surface area contributed by atoms with E-state index in [0.717, 1.165) is 35.9 Å². The number of rotatable bonds is 6. The molecular weight excluding hydrogens is 471 g/mol. The molecule has 0 amide bonds. The van der Waals surface area contributed by atoms with Crippen molar-refractivity contribution in [3.63, 3.8) is 0 Å². The zero-order chi connectivity index (χ0) is 26.1. The molecule has 0 radical (unpaired) electrons. The van der Waals surface area contributed by atoms with Crippen molar-refractivity contribution in [1.82, 2.24) is 9.55 Å². The first kappa shape index (κ1) is 25.6. The van der Waals surface area contributed by atoms with Crippen LogP contribution < -0.4 is 10.1 Å². The van der Waals surface area contributed by atoms with Gasteiger partial charge in [-0.15, -0.1) is 13.2 Å². The van der Waals surface area contributed by atoms with E-state index in [2.05, 4.69) is 40.1 Å². The van der Waals surface area contributed by atoms with Crippen LogP contribution in [-0.4, -0.2) is 29.0 Å². The molecule has 1 unspecified atom stereocenters. The van der Waals surface area contributed by atoms with Crippen LogP contribution in [0.2, 0.25) is 0 Å². The van der Waals surface area contributed by atoms with E-state index in [1.165, 1.54) is 37.5 Å². The van der Waals surface area contributed by atoms with Gasteiger partial charge in [0.1, 0.15) is 5.75 Å². The molecule has 1 heterocycles. The number of benzene rings is 2. The number of methoxy groups -OCH3 is 1. The highest BCUT2D eigenvalue weighted by Gasteiger charge is 2.35. The molecule has 1 aliphatic carbocycles. The van der Waals surface area contributed by atoms with Gasteiger partial charge in [0.05, 0.1) is 18.1 Å². The molecule has 192 valence electrons. The van der Waals surface area contributed by atoms with Crippen LogP contribution in [0, 0.1) is 11.3 Å².